The number of amides is 1. The predicted molar refractivity (Wildman–Crippen MR) is 81.1 cm³/mol. The topological polar surface area (TPSA) is 97.1 Å². The molecule has 1 aromatic heterocycles. The van der Waals surface area contributed by atoms with Gasteiger partial charge in [-0.15, -0.1) is 10.2 Å². The number of rotatable bonds is 6. The maximum atomic E-state index is 11.8. The molecule has 0 fully saturated rings. The number of carbonyl (C=O) groups excluding carboxylic acids is 1. The van der Waals surface area contributed by atoms with Gasteiger partial charge in [0, 0.05) is 6.07 Å². The lowest BCUT2D eigenvalue weighted by Crippen LogP contribution is -2.20. The molecule has 114 valence electrons. The third-order valence-corrected chi connectivity index (χ3v) is 3.65. The number of benzene rings is 1. The number of hydrogen-bond donors (Lipinski definition) is 1. The number of carbonyl (C=O) groups is 1. The molecule has 1 heterocycles. The van der Waals surface area contributed by atoms with Crippen molar-refractivity contribution >= 4 is 22.4 Å². The summed E-state index contributed by atoms with van der Waals surface area (Å²) in [5.41, 5.74) is 0.453. The predicted octanol–water partition coefficient (Wildman–Crippen LogP) is 2.00. The molecule has 1 N–H and O–H groups in total. The molecule has 0 aliphatic carbocycles. The van der Waals surface area contributed by atoms with Crippen LogP contribution < -0.4 is 14.8 Å². The van der Waals surface area contributed by atoms with Crippen LogP contribution in [0.4, 0.5) is 5.13 Å². The van der Waals surface area contributed by atoms with Gasteiger partial charge >= 0.3 is 0 Å². The first kappa shape index (κ1) is 15.7. The van der Waals surface area contributed by atoms with Gasteiger partial charge in [0.25, 0.3) is 5.91 Å². The van der Waals surface area contributed by atoms with Crippen molar-refractivity contribution in [2.75, 3.05) is 19.0 Å². The molecule has 22 heavy (non-hydrogen) atoms. The average Bonchev–Trinajstić information content (AvgIpc) is 3.00. The monoisotopic (exact) mass is 318 g/mol. The van der Waals surface area contributed by atoms with E-state index in [0.717, 1.165) is 11.4 Å². The minimum Gasteiger partial charge on any atom is -0.493 e. The van der Waals surface area contributed by atoms with Gasteiger partial charge in [0.05, 0.1) is 18.7 Å². The SMILES string of the molecule is CCc1nnc(NC(=O)COc2ccc(C#N)cc2OC)s1. The lowest BCUT2D eigenvalue weighted by atomic mass is 10.2. The molecular weight excluding hydrogens is 304 g/mol. The van der Waals surface area contributed by atoms with Crippen molar-refractivity contribution in [2.24, 2.45) is 0 Å². The zero-order valence-corrected chi connectivity index (χ0v) is 12.9. The number of ether oxygens (including phenoxy) is 2. The van der Waals surface area contributed by atoms with E-state index >= 15 is 0 Å². The molecule has 7 nitrogen and oxygen atoms in total. The smallest absolute Gasteiger partial charge is 0.264 e. The zero-order valence-electron chi connectivity index (χ0n) is 12.1. The van der Waals surface area contributed by atoms with Crippen molar-refractivity contribution < 1.29 is 14.3 Å². The van der Waals surface area contributed by atoms with Gasteiger partial charge < -0.3 is 9.47 Å². The van der Waals surface area contributed by atoms with E-state index in [1.807, 2.05) is 13.0 Å². The summed E-state index contributed by atoms with van der Waals surface area (Å²) in [5.74, 6) is 0.449. The van der Waals surface area contributed by atoms with Gasteiger partial charge in [-0.1, -0.05) is 18.3 Å². The molecule has 0 aliphatic heterocycles. The second-order valence-corrected chi connectivity index (χ2v) is 5.23. The summed E-state index contributed by atoms with van der Waals surface area (Å²) in [5, 5.41) is 20.5. The number of aromatic nitrogens is 2. The molecule has 0 saturated carbocycles. The van der Waals surface area contributed by atoms with Crippen LogP contribution in [-0.2, 0) is 11.2 Å². The van der Waals surface area contributed by atoms with Crippen LogP contribution in [0.2, 0.25) is 0 Å². The van der Waals surface area contributed by atoms with Gasteiger partial charge in [0.2, 0.25) is 5.13 Å². The molecule has 0 bridgehead atoms. The van der Waals surface area contributed by atoms with E-state index < -0.39 is 0 Å². The largest absolute Gasteiger partial charge is 0.493 e. The lowest BCUT2D eigenvalue weighted by molar-refractivity contribution is -0.118. The Kier molecular flexibility index (Phi) is 5.27. The van der Waals surface area contributed by atoms with E-state index in [1.165, 1.54) is 18.4 Å². The normalized spacial score (nSPS) is 9.86. The van der Waals surface area contributed by atoms with Crippen molar-refractivity contribution in [1.82, 2.24) is 10.2 Å². The van der Waals surface area contributed by atoms with Gasteiger partial charge in [-0.2, -0.15) is 5.26 Å². The first-order valence-electron chi connectivity index (χ1n) is 6.49. The summed E-state index contributed by atoms with van der Waals surface area (Å²) < 4.78 is 10.5. The van der Waals surface area contributed by atoms with E-state index in [1.54, 1.807) is 18.2 Å². The molecule has 2 aromatic rings. The van der Waals surface area contributed by atoms with E-state index in [4.69, 9.17) is 14.7 Å². The Morgan fingerprint density at radius 3 is 2.86 bits per heavy atom. The molecule has 0 atom stereocenters. The fourth-order valence-corrected chi connectivity index (χ4v) is 2.30. The number of anilines is 1. The minimum atomic E-state index is -0.342. The Morgan fingerprint density at radius 2 is 2.23 bits per heavy atom. The van der Waals surface area contributed by atoms with Crippen LogP contribution in [0.3, 0.4) is 0 Å². The van der Waals surface area contributed by atoms with Crippen molar-refractivity contribution in [3.05, 3.63) is 28.8 Å². The molecule has 0 spiro atoms. The van der Waals surface area contributed by atoms with E-state index in [0.29, 0.717) is 22.2 Å². The van der Waals surface area contributed by atoms with Gasteiger partial charge in [-0.05, 0) is 18.6 Å². The summed E-state index contributed by atoms with van der Waals surface area (Å²) in [6, 6.07) is 6.73. The first-order valence-corrected chi connectivity index (χ1v) is 7.31. The first-order chi connectivity index (χ1) is 10.7. The van der Waals surface area contributed by atoms with Crippen molar-refractivity contribution in [3.8, 4) is 17.6 Å². The molecule has 2 rings (SSSR count). The number of nitriles is 1. The van der Waals surface area contributed by atoms with Crippen LogP contribution in [0.5, 0.6) is 11.5 Å². The minimum absolute atomic E-state index is 0.191. The molecule has 8 heteroatoms. The Hall–Kier alpha value is -2.66. The fraction of sp³-hybridized carbons (Fsp3) is 0.286. The maximum absolute atomic E-state index is 11.8. The van der Waals surface area contributed by atoms with Crippen molar-refractivity contribution in [1.29, 1.82) is 5.26 Å². The number of nitrogens with zero attached hydrogens (tertiary/aromatic N) is 3. The summed E-state index contributed by atoms with van der Waals surface area (Å²) >= 11 is 1.33. The summed E-state index contributed by atoms with van der Waals surface area (Å²) in [6.45, 7) is 1.77. The molecule has 0 unspecified atom stereocenters. The van der Waals surface area contributed by atoms with Crippen LogP contribution in [0.1, 0.15) is 17.5 Å². The van der Waals surface area contributed by atoms with Gasteiger partial charge in [0.15, 0.2) is 18.1 Å². The molecule has 1 aromatic carbocycles. The van der Waals surface area contributed by atoms with Crippen LogP contribution in [0.25, 0.3) is 0 Å². The second-order valence-electron chi connectivity index (χ2n) is 4.17. The number of hydrogen-bond acceptors (Lipinski definition) is 7. The van der Waals surface area contributed by atoms with Crippen molar-refractivity contribution in [2.45, 2.75) is 13.3 Å². The van der Waals surface area contributed by atoms with Gasteiger partial charge in [0.1, 0.15) is 5.01 Å². The van der Waals surface area contributed by atoms with E-state index in [-0.39, 0.29) is 12.5 Å². The third kappa shape index (κ3) is 3.93. The fourth-order valence-electron chi connectivity index (χ4n) is 1.60. The molecule has 0 saturated heterocycles. The van der Waals surface area contributed by atoms with E-state index in [2.05, 4.69) is 15.5 Å². The molecule has 1 amide bonds. The highest BCUT2D eigenvalue weighted by atomic mass is 32.1. The third-order valence-electron chi connectivity index (χ3n) is 2.67. The highest BCUT2D eigenvalue weighted by molar-refractivity contribution is 7.15. The quantitative estimate of drug-likeness (QED) is 0.875. The highest BCUT2D eigenvalue weighted by Crippen LogP contribution is 2.27. The molecule has 0 radical (unpaired) electrons. The summed E-state index contributed by atoms with van der Waals surface area (Å²) in [6.07, 6.45) is 0.770. The number of aryl methyl sites for hydroxylation is 1. The van der Waals surface area contributed by atoms with Gasteiger partial charge in [-0.25, -0.2) is 0 Å². The number of methoxy groups -OCH3 is 1. The maximum Gasteiger partial charge on any atom is 0.264 e. The zero-order chi connectivity index (χ0) is 15.9. The highest BCUT2D eigenvalue weighted by Gasteiger charge is 2.11. The second kappa shape index (κ2) is 7.38. The van der Waals surface area contributed by atoms with Crippen molar-refractivity contribution in [3.63, 3.8) is 0 Å². The van der Waals surface area contributed by atoms with Gasteiger partial charge in [-0.3, -0.25) is 10.1 Å². The summed E-state index contributed by atoms with van der Waals surface area (Å²) in [4.78, 5) is 11.8. The lowest BCUT2D eigenvalue weighted by Gasteiger charge is -2.10. The van der Waals surface area contributed by atoms with Crippen LogP contribution in [0.15, 0.2) is 18.2 Å². The van der Waals surface area contributed by atoms with Crippen LogP contribution in [-0.4, -0.2) is 29.8 Å². The average molecular weight is 318 g/mol. The Labute approximate surface area is 131 Å². The van der Waals surface area contributed by atoms with E-state index in [9.17, 15) is 4.79 Å². The summed E-state index contributed by atoms with van der Waals surface area (Å²) in [7, 11) is 1.47. The van der Waals surface area contributed by atoms with Crippen LogP contribution >= 0.6 is 11.3 Å². The Balaban J connectivity index is 1.95. The molecule has 0 aliphatic rings. The Bertz CT molecular complexity index is 708. The van der Waals surface area contributed by atoms with Crippen LogP contribution in [0, 0.1) is 11.3 Å². The molecular formula is C14H14N4O3S. The standard InChI is InChI=1S/C14H14N4O3S/c1-3-13-17-18-14(22-13)16-12(19)8-21-10-5-4-9(7-15)6-11(10)20-2/h4-6H,3,8H2,1-2H3,(H,16,18,19). The number of nitrogens with one attached hydrogen (secondary N) is 1. The Morgan fingerprint density at radius 1 is 1.41 bits per heavy atom.